The van der Waals surface area contributed by atoms with Crippen LogP contribution in [0.3, 0.4) is 0 Å². The lowest BCUT2D eigenvalue weighted by Gasteiger charge is -2.03. The van der Waals surface area contributed by atoms with E-state index < -0.39 is 0 Å². The van der Waals surface area contributed by atoms with E-state index in [0.717, 1.165) is 5.75 Å². The van der Waals surface area contributed by atoms with Crippen molar-refractivity contribution in [1.82, 2.24) is 10.2 Å². The summed E-state index contributed by atoms with van der Waals surface area (Å²) in [7, 11) is 0. The Morgan fingerprint density at radius 3 is 2.88 bits per heavy atom. The molecule has 2 rings (SSSR count). The number of H-pyrrole nitrogens is 1. The fraction of sp³-hybridized carbons (Fsp3) is 0.200. The fourth-order valence-electron chi connectivity index (χ4n) is 1.08. The molecule has 0 saturated carbocycles. The summed E-state index contributed by atoms with van der Waals surface area (Å²) < 4.78 is 10.6. The van der Waals surface area contributed by atoms with E-state index in [1.807, 2.05) is 30.3 Å². The first-order valence-corrected chi connectivity index (χ1v) is 6.21. The molecule has 0 aliphatic heterocycles. The van der Waals surface area contributed by atoms with Gasteiger partial charge in [0.25, 0.3) is 4.84 Å². The summed E-state index contributed by atoms with van der Waals surface area (Å²) in [4.78, 5) is 0.305. The molecule has 1 heterocycles. The summed E-state index contributed by atoms with van der Waals surface area (Å²) in [6.45, 7) is 0. The maximum Gasteiger partial charge on any atom is 0.284 e. The van der Waals surface area contributed by atoms with E-state index in [4.69, 9.17) is 21.4 Å². The molecule has 0 amide bonds. The number of nitrogens with one attached hydrogen (secondary N) is 1. The second kappa shape index (κ2) is 5.72. The minimum atomic E-state index is 0.305. The van der Waals surface area contributed by atoms with Crippen LogP contribution >= 0.6 is 24.0 Å². The van der Waals surface area contributed by atoms with Crippen LogP contribution in [0.1, 0.15) is 5.89 Å². The van der Waals surface area contributed by atoms with E-state index in [2.05, 4.69) is 10.2 Å². The van der Waals surface area contributed by atoms with Gasteiger partial charge in [0.05, 0.1) is 5.75 Å². The molecule has 0 fully saturated rings. The number of hydrogen-bond acceptors (Lipinski definition) is 5. The number of benzene rings is 1. The van der Waals surface area contributed by atoms with Crippen molar-refractivity contribution in [2.45, 2.75) is 5.75 Å². The molecule has 84 valence electrons. The van der Waals surface area contributed by atoms with Crippen molar-refractivity contribution >= 4 is 24.0 Å². The van der Waals surface area contributed by atoms with Crippen molar-refractivity contribution in [3.05, 3.63) is 41.1 Å². The topological polar surface area (TPSA) is 51.0 Å². The molecular weight excluding hydrogens is 244 g/mol. The molecule has 0 saturated heterocycles. The Balaban J connectivity index is 1.71. The van der Waals surface area contributed by atoms with Crippen LogP contribution in [0.25, 0.3) is 0 Å². The van der Waals surface area contributed by atoms with E-state index in [-0.39, 0.29) is 0 Å². The number of rotatable bonds is 5. The standard InChI is InChI=1S/C10H10N2O2S2/c15-10-12-11-9(14-10)6-16-7-13-8-4-2-1-3-5-8/h1-5H,6-7H2,(H,12,15). The molecule has 0 aliphatic carbocycles. The third-order valence-corrected chi connectivity index (χ3v) is 2.67. The van der Waals surface area contributed by atoms with Gasteiger partial charge in [0, 0.05) is 0 Å². The zero-order valence-corrected chi connectivity index (χ0v) is 10.0. The van der Waals surface area contributed by atoms with Crippen LogP contribution in [0.15, 0.2) is 34.7 Å². The van der Waals surface area contributed by atoms with Crippen LogP contribution in [-0.4, -0.2) is 16.1 Å². The highest BCUT2D eigenvalue weighted by Gasteiger charge is 1.99. The van der Waals surface area contributed by atoms with Gasteiger partial charge in [-0.1, -0.05) is 18.2 Å². The summed E-state index contributed by atoms with van der Waals surface area (Å²) >= 11 is 6.33. The summed E-state index contributed by atoms with van der Waals surface area (Å²) in [5.74, 6) is 2.64. The SMILES string of the molecule is S=c1[nH]nc(CSCOc2ccccc2)o1. The average molecular weight is 254 g/mol. The van der Waals surface area contributed by atoms with Gasteiger partial charge in [0.2, 0.25) is 5.89 Å². The van der Waals surface area contributed by atoms with Crippen LogP contribution < -0.4 is 4.74 Å². The van der Waals surface area contributed by atoms with Crippen molar-refractivity contribution in [3.63, 3.8) is 0 Å². The third-order valence-electron chi connectivity index (χ3n) is 1.76. The van der Waals surface area contributed by atoms with Crippen molar-refractivity contribution in [3.8, 4) is 5.75 Å². The Bertz CT molecular complexity index is 481. The van der Waals surface area contributed by atoms with Gasteiger partial charge >= 0.3 is 0 Å². The van der Waals surface area contributed by atoms with Crippen molar-refractivity contribution < 1.29 is 9.15 Å². The Labute approximate surface area is 102 Å². The van der Waals surface area contributed by atoms with E-state index in [9.17, 15) is 0 Å². The number of nitrogens with zero attached hydrogens (tertiary/aromatic N) is 1. The van der Waals surface area contributed by atoms with Gasteiger partial charge in [-0.2, -0.15) is 0 Å². The van der Waals surface area contributed by atoms with Crippen molar-refractivity contribution in [1.29, 1.82) is 0 Å². The lowest BCUT2D eigenvalue weighted by molar-refractivity contribution is 0.392. The second-order valence-corrected chi connectivity index (χ2v) is 4.23. The van der Waals surface area contributed by atoms with Crippen molar-refractivity contribution in [2.75, 3.05) is 5.94 Å². The number of thioether (sulfide) groups is 1. The maximum atomic E-state index is 5.49. The molecule has 1 aromatic heterocycles. The lowest BCUT2D eigenvalue weighted by atomic mass is 10.3. The molecule has 0 radical (unpaired) electrons. The van der Waals surface area contributed by atoms with Crippen LogP contribution in [0.4, 0.5) is 0 Å². The molecule has 4 nitrogen and oxygen atoms in total. The van der Waals surface area contributed by atoms with Crippen LogP contribution in [0, 0.1) is 4.84 Å². The molecule has 0 unspecified atom stereocenters. The fourth-order valence-corrected chi connectivity index (χ4v) is 1.82. The van der Waals surface area contributed by atoms with Crippen molar-refractivity contribution in [2.24, 2.45) is 0 Å². The van der Waals surface area contributed by atoms with Gasteiger partial charge in [0.15, 0.2) is 0 Å². The normalized spacial score (nSPS) is 10.2. The maximum absolute atomic E-state index is 5.49. The Morgan fingerprint density at radius 1 is 1.38 bits per heavy atom. The minimum Gasteiger partial charge on any atom is -0.483 e. The van der Waals surface area contributed by atoms with Gasteiger partial charge in [-0.15, -0.1) is 16.9 Å². The average Bonchev–Trinajstić information content (AvgIpc) is 2.72. The van der Waals surface area contributed by atoms with E-state index in [1.165, 1.54) is 0 Å². The number of para-hydroxylation sites is 1. The molecule has 1 N–H and O–H groups in total. The van der Waals surface area contributed by atoms with Gasteiger partial charge in [-0.05, 0) is 24.4 Å². The third kappa shape index (κ3) is 3.39. The first kappa shape index (κ1) is 11.2. The molecule has 16 heavy (non-hydrogen) atoms. The number of hydrogen-bond donors (Lipinski definition) is 1. The molecule has 0 spiro atoms. The second-order valence-electron chi connectivity index (χ2n) is 2.93. The molecule has 6 heteroatoms. The number of aromatic amines is 1. The van der Waals surface area contributed by atoms with E-state index in [1.54, 1.807) is 11.8 Å². The first-order valence-electron chi connectivity index (χ1n) is 4.64. The molecule has 0 atom stereocenters. The smallest absolute Gasteiger partial charge is 0.284 e. The van der Waals surface area contributed by atoms with Gasteiger partial charge in [0.1, 0.15) is 11.7 Å². The predicted molar refractivity (Wildman–Crippen MR) is 64.9 cm³/mol. The Morgan fingerprint density at radius 2 is 2.19 bits per heavy atom. The zero-order valence-electron chi connectivity index (χ0n) is 8.38. The van der Waals surface area contributed by atoms with E-state index in [0.29, 0.717) is 22.4 Å². The van der Waals surface area contributed by atoms with Crippen LogP contribution in [-0.2, 0) is 5.75 Å². The van der Waals surface area contributed by atoms with Crippen LogP contribution in [0.2, 0.25) is 0 Å². The highest BCUT2D eigenvalue weighted by atomic mass is 32.2. The van der Waals surface area contributed by atoms with E-state index >= 15 is 0 Å². The van der Waals surface area contributed by atoms with Crippen LogP contribution in [0.5, 0.6) is 5.75 Å². The minimum absolute atomic E-state index is 0.305. The molecule has 1 aromatic carbocycles. The quantitative estimate of drug-likeness (QED) is 0.505. The molecule has 2 aromatic rings. The van der Waals surface area contributed by atoms with Gasteiger partial charge in [-0.3, -0.25) is 0 Å². The van der Waals surface area contributed by atoms with Gasteiger partial charge < -0.3 is 9.15 Å². The first-order chi connectivity index (χ1) is 7.84. The summed E-state index contributed by atoms with van der Waals surface area (Å²) in [5, 5.41) is 6.46. The highest BCUT2D eigenvalue weighted by Crippen LogP contribution is 2.14. The number of aromatic nitrogens is 2. The highest BCUT2D eigenvalue weighted by molar-refractivity contribution is 7.98. The number of ether oxygens (including phenoxy) is 1. The molecule has 0 aliphatic rings. The predicted octanol–water partition coefficient (Wildman–Crippen LogP) is 3.00. The summed E-state index contributed by atoms with van der Waals surface area (Å²) in [5.41, 5.74) is 0. The Hall–Kier alpha value is -1.27. The largest absolute Gasteiger partial charge is 0.483 e. The molecule has 0 bridgehead atoms. The van der Waals surface area contributed by atoms with Gasteiger partial charge in [-0.25, -0.2) is 5.10 Å². The Kier molecular flexibility index (Phi) is 4.01. The summed E-state index contributed by atoms with van der Waals surface area (Å²) in [6, 6.07) is 9.66. The summed E-state index contributed by atoms with van der Waals surface area (Å²) in [6.07, 6.45) is 0. The monoisotopic (exact) mass is 254 g/mol. The molecular formula is C10H10N2O2S2. The lowest BCUT2D eigenvalue weighted by Crippen LogP contribution is -1.93. The zero-order chi connectivity index (χ0) is 11.2.